The second kappa shape index (κ2) is 9.42. The van der Waals surface area contributed by atoms with Crippen molar-refractivity contribution in [2.45, 2.75) is 58.7 Å². The van der Waals surface area contributed by atoms with Crippen LogP contribution < -0.4 is 0 Å². The van der Waals surface area contributed by atoms with Crippen LogP contribution in [-0.4, -0.2) is 33.0 Å². The van der Waals surface area contributed by atoms with Crippen molar-refractivity contribution in [3.8, 4) is 0 Å². The predicted molar refractivity (Wildman–Crippen MR) is 131 cm³/mol. The summed E-state index contributed by atoms with van der Waals surface area (Å²) in [4.78, 5) is 25.3. The highest BCUT2D eigenvalue weighted by Crippen LogP contribution is 2.24. The van der Waals surface area contributed by atoms with Gasteiger partial charge in [-0.3, -0.25) is 9.59 Å². The fourth-order valence-corrected chi connectivity index (χ4v) is 3.72. The van der Waals surface area contributed by atoms with E-state index in [0.717, 1.165) is 22.3 Å². The van der Waals surface area contributed by atoms with Gasteiger partial charge in [0.2, 0.25) is 0 Å². The lowest BCUT2D eigenvalue weighted by atomic mass is 9.88. The maximum absolute atomic E-state index is 13.1. The number of aliphatic hydroxyl groups is 2. The Bertz CT molecular complexity index is 1140. The first-order valence-electron chi connectivity index (χ1n) is 11.2. The van der Waals surface area contributed by atoms with Crippen molar-refractivity contribution in [1.82, 2.24) is 0 Å². The number of Topliss-reactive ketones (excluding diaryl/α,β-unsaturated/α-hetero) is 2. The van der Waals surface area contributed by atoms with Crippen LogP contribution in [0.1, 0.15) is 76.2 Å². The van der Waals surface area contributed by atoms with E-state index in [2.05, 4.69) is 24.3 Å². The molecule has 0 saturated carbocycles. The summed E-state index contributed by atoms with van der Waals surface area (Å²) in [5, 5.41) is 20.4. The Morgan fingerprint density at radius 3 is 1.70 bits per heavy atom. The molecule has 3 aromatic carbocycles. The van der Waals surface area contributed by atoms with Crippen molar-refractivity contribution in [2.75, 3.05) is 0 Å². The lowest BCUT2D eigenvalue weighted by Gasteiger charge is -2.19. The molecule has 172 valence electrons. The summed E-state index contributed by atoms with van der Waals surface area (Å²) in [6, 6.07) is 21.2. The van der Waals surface area contributed by atoms with Crippen molar-refractivity contribution >= 4 is 11.6 Å². The highest BCUT2D eigenvalue weighted by atomic mass is 16.3. The van der Waals surface area contributed by atoms with Gasteiger partial charge in [0.05, 0.1) is 0 Å². The number of carbonyl (C=O) groups is 2. The normalized spacial score (nSPS) is 12.0. The van der Waals surface area contributed by atoms with Gasteiger partial charge in [-0.05, 0) is 75.8 Å². The van der Waals surface area contributed by atoms with Crippen LogP contribution in [0.3, 0.4) is 0 Å². The van der Waals surface area contributed by atoms with Gasteiger partial charge < -0.3 is 10.2 Å². The lowest BCUT2D eigenvalue weighted by molar-refractivity contribution is 0.0486. The molecule has 0 saturated heterocycles. The Hall–Kier alpha value is -3.08. The summed E-state index contributed by atoms with van der Waals surface area (Å²) >= 11 is 0. The highest BCUT2D eigenvalue weighted by molar-refractivity contribution is 6.03. The first kappa shape index (κ1) is 24.6. The molecule has 0 radical (unpaired) electrons. The molecule has 0 fully saturated rings. The first-order chi connectivity index (χ1) is 15.3. The molecule has 0 aliphatic rings. The molecule has 0 heterocycles. The third kappa shape index (κ3) is 6.25. The zero-order valence-electron chi connectivity index (χ0n) is 20.0. The highest BCUT2D eigenvalue weighted by Gasteiger charge is 2.28. The van der Waals surface area contributed by atoms with E-state index in [-0.39, 0.29) is 11.6 Å². The van der Waals surface area contributed by atoms with Crippen LogP contribution in [0, 0.1) is 6.92 Å². The van der Waals surface area contributed by atoms with Gasteiger partial charge in [-0.1, -0.05) is 66.2 Å². The van der Waals surface area contributed by atoms with Crippen LogP contribution in [0.2, 0.25) is 0 Å². The second-order valence-corrected chi connectivity index (χ2v) is 9.80. The maximum Gasteiger partial charge on any atom is 0.194 e. The Morgan fingerprint density at radius 2 is 1.15 bits per heavy atom. The molecule has 3 aromatic rings. The van der Waals surface area contributed by atoms with Gasteiger partial charge in [0.1, 0.15) is 11.2 Å². The summed E-state index contributed by atoms with van der Waals surface area (Å²) in [7, 11) is 0. The van der Waals surface area contributed by atoms with E-state index in [4.69, 9.17) is 0 Å². The molecular weight excluding hydrogens is 412 g/mol. The van der Waals surface area contributed by atoms with Crippen molar-refractivity contribution < 1.29 is 19.8 Å². The van der Waals surface area contributed by atoms with E-state index in [9.17, 15) is 19.8 Å². The number of benzene rings is 3. The van der Waals surface area contributed by atoms with Gasteiger partial charge in [0.15, 0.2) is 11.6 Å². The van der Waals surface area contributed by atoms with E-state index in [1.807, 2.05) is 37.3 Å². The quantitative estimate of drug-likeness (QED) is 0.475. The average molecular weight is 445 g/mol. The number of carbonyl (C=O) groups excluding carboxylic acids is 2. The number of hydrogen-bond donors (Lipinski definition) is 2. The zero-order chi connectivity index (χ0) is 24.4. The standard InChI is InChI=1S/C29H32O4/c1-19-6-8-20(9-7-19)16-22-12-15-24(25(18-22)27(31)29(4,5)33)17-21-10-13-23(14-11-21)26(30)28(2,3)32/h6-15,18,32-33H,16-17H2,1-5H3. The molecule has 0 aliphatic carbocycles. The third-order valence-corrected chi connectivity index (χ3v) is 5.67. The summed E-state index contributed by atoms with van der Waals surface area (Å²) < 4.78 is 0. The summed E-state index contributed by atoms with van der Waals surface area (Å²) in [6.07, 6.45) is 1.18. The Morgan fingerprint density at radius 1 is 0.667 bits per heavy atom. The topological polar surface area (TPSA) is 74.6 Å². The summed E-state index contributed by atoms with van der Waals surface area (Å²) in [5.41, 5.74) is 3.12. The van der Waals surface area contributed by atoms with Gasteiger partial charge in [-0.15, -0.1) is 0 Å². The van der Waals surface area contributed by atoms with Gasteiger partial charge in [-0.2, -0.15) is 0 Å². The minimum absolute atomic E-state index is 0.322. The fraction of sp³-hybridized carbons (Fsp3) is 0.310. The van der Waals surface area contributed by atoms with E-state index in [0.29, 0.717) is 24.0 Å². The summed E-state index contributed by atoms with van der Waals surface area (Å²) in [5.74, 6) is -0.663. The van der Waals surface area contributed by atoms with Crippen LogP contribution in [0.25, 0.3) is 0 Å². The molecule has 0 aliphatic heterocycles. The Kier molecular flexibility index (Phi) is 7.01. The van der Waals surface area contributed by atoms with Crippen LogP contribution in [-0.2, 0) is 12.8 Å². The molecule has 0 unspecified atom stereocenters. The van der Waals surface area contributed by atoms with E-state index in [1.54, 1.807) is 12.1 Å². The monoisotopic (exact) mass is 444 g/mol. The number of ketones is 2. The minimum atomic E-state index is -1.49. The number of hydrogen-bond acceptors (Lipinski definition) is 4. The van der Waals surface area contributed by atoms with Crippen molar-refractivity contribution in [2.24, 2.45) is 0 Å². The molecule has 2 N–H and O–H groups in total. The van der Waals surface area contributed by atoms with Crippen LogP contribution in [0.5, 0.6) is 0 Å². The molecule has 3 rings (SSSR count). The lowest BCUT2D eigenvalue weighted by Crippen LogP contribution is -2.32. The third-order valence-electron chi connectivity index (χ3n) is 5.67. The van der Waals surface area contributed by atoms with Gasteiger partial charge >= 0.3 is 0 Å². The van der Waals surface area contributed by atoms with Gasteiger partial charge in [0, 0.05) is 11.1 Å². The van der Waals surface area contributed by atoms with Crippen LogP contribution in [0.4, 0.5) is 0 Å². The molecule has 0 atom stereocenters. The van der Waals surface area contributed by atoms with Crippen molar-refractivity contribution in [3.63, 3.8) is 0 Å². The molecule has 0 spiro atoms. The number of aryl methyl sites for hydroxylation is 1. The van der Waals surface area contributed by atoms with Crippen molar-refractivity contribution in [1.29, 1.82) is 0 Å². The molecule has 33 heavy (non-hydrogen) atoms. The van der Waals surface area contributed by atoms with Crippen LogP contribution in [0.15, 0.2) is 66.7 Å². The first-order valence-corrected chi connectivity index (χ1v) is 11.2. The predicted octanol–water partition coefficient (Wildman–Crippen LogP) is 5.08. The fourth-order valence-electron chi connectivity index (χ4n) is 3.72. The minimum Gasteiger partial charge on any atom is -0.382 e. The van der Waals surface area contributed by atoms with Crippen molar-refractivity contribution in [3.05, 3.63) is 106 Å². The zero-order valence-corrected chi connectivity index (χ0v) is 20.0. The Labute approximate surface area is 195 Å². The largest absolute Gasteiger partial charge is 0.382 e. The molecule has 0 aromatic heterocycles. The Balaban J connectivity index is 1.91. The molecular formula is C29H32O4. The second-order valence-electron chi connectivity index (χ2n) is 9.80. The van der Waals surface area contributed by atoms with E-state index < -0.39 is 11.2 Å². The smallest absolute Gasteiger partial charge is 0.194 e. The van der Waals surface area contributed by atoms with Crippen LogP contribution >= 0.6 is 0 Å². The molecule has 4 nitrogen and oxygen atoms in total. The van der Waals surface area contributed by atoms with E-state index >= 15 is 0 Å². The SMILES string of the molecule is Cc1ccc(Cc2ccc(Cc3ccc(C(=O)C(C)(C)O)cc3)c(C(=O)C(C)(C)O)c2)cc1. The number of rotatable bonds is 8. The molecule has 4 heteroatoms. The summed E-state index contributed by atoms with van der Waals surface area (Å²) in [6.45, 7) is 7.99. The van der Waals surface area contributed by atoms with Gasteiger partial charge in [0.25, 0.3) is 0 Å². The van der Waals surface area contributed by atoms with Gasteiger partial charge in [-0.25, -0.2) is 0 Å². The molecule has 0 amide bonds. The maximum atomic E-state index is 13.1. The average Bonchev–Trinajstić information content (AvgIpc) is 2.74. The van der Waals surface area contributed by atoms with E-state index in [1.165, 1.54) is 33.3 Å². The molecule has 0 bridgehead atoms.